The molecule has 0 unspecified atom stereocenters. The van der Waals surface area contributed by atoms with E-state index in [1.54, 1.807) is 10.7 Å². The van der Waals surface area contributed by atoms with Crippen LogP contribution < -0.4 is 5.32 Å². The summed E-state index contributed by atoms with van der Waals surface area (Å²) in [6, 6.07) is 14.2. The van der Waals surface area contributed by atoms with E-state index in [1.807, 2.05) is 45.0 Å². The number of carbonyl (C=O) groups excluding carboxylic acids is 1. The molecule has 4 rings (SSSR count). The number of para-hydroxylation sites is 1. The number of hydrogen-bond acceptors (Lipinski definition) is 5. The minimum atomic E-state index is -4.92. The highest BCUT2D eigenvalue weighted by Crippen LogP contribution is 2.30. The van der Waals surface area contributed by atoms with Crippen molar-refractivity contribution in [3.8, 4) is 11.3 Å². The first-order valence-electron chi connectivity index (χ1n) is 10.5. The third-order valence-electron chi connectivity index (χ3n) is 5.40. The van der Waals surface area contributed by atoms with Gasteiger partial charge in [-0.15, -0.1) is 0 Å². The number of nitrogens with zero attached hydrogens (tertiary/aromatic N) is 3. The van der Waals surface area contributed by atoms with Crippen LogP contribution in [0.2, 0.25) is 0 Å². The molecular formula is C24H22F2N4O3S. The van der Waals surface area contributed by atoms with Gasteiger partial charge in [0.15, 0.2) is 5.65 Å². The van der Waals surface area contributed by atoms with Crippen LogP contribution in [0.4, 0.5) is 14.5 Å². The second-order valence-corrected chi connectivity index (χ2v) is 9.93. The Hall–Kier alpha value is -3.66. The normalized spacial score (nSPS) is 12.0. The van der Waals surface area contributed by atoms with Gasteiger partial charge in [0.05, 0.1) is 33.4 Å². The van der Waals surface area contributed by atoms with Gasteiger partial charge in [-0.2, -0.15) is 13.9 Å². The zero-order valence-electron chi connectivity index (χ0n) is 18.7. The lowest BCUT2D eigenvalue weighted by Crippen LogP contribution is -2.18. The number of amides is 1. The van der Waals surface area contributed by atoms with Gasteiger partial charge in [0.1, 0.15) is 0 Å². The molecule has 0 radical (unpaired) electrons. The van der Waals surface area contributed by atoms with Crippen molar-refractivity contribution in [3.63, 3.8) is 0 Å². The second kappa shape index (κ2) is 8.94. The molecule has 0 aliphatic rings. The minimum Gasteiger partial charge on any atom is -0.321 e. The predicted molar refractivity (Wildman–Crippen MR) is 126 cm³/mol. The summed E-state index contributed by atoms with van der Waals surface area (Å²) in [5.74, 6) is -4.28. The van der Waals surface area contributed by atoms with Gasteiger partial charge in [-0.3, -0.25) is 4.79 Å². The summed E-state index contributed by atoms with van der Waals surface area (Å²) < 4.78 is 52.3. The van der Waals surface area contributed by atoms with Crippen LogP contribution in [0.5, 0.6) is 0 Å². The largest absolute Gasteiger partial charge is 0.341 e. The standard InChI is InChI=1S/C24H22F2N4O3S/c1-14(2)30-22-18(13-27-30)17(12-20(28-22)16-9-5-4-8-15(16)3)23(31)29-19-10-6-7-11-21(19)34(32,33)24(25)26/h4-14,24H,1-3H3,(H,29,31). The number of halogens is 2. The highest BCUT2D eigenvalue weighted by molar-refractivity contribution is 7.91. The molecule has 176 valence electrons. The molecule has 0 bridgehead atoms. The third kappa shape index (κ3) is 4.16. The number of rotatable bonds is 6. The van der Waals surface area contributed by atoms with E-state index in [-0.39, 0.29) is 17.3 Å². The Kier molecular flexibility index (Phi) is 6.18. The molecule has 4 aromatic rings. The SMILES string of the molecule is Cc1ccccc1-c1cc(C(=O)Nc2ccccc2S(=O)(=O)C(F)F)c2cnn(C(C)C)c2n1. The van der Waals surface area contributed by atoms with Crippen LogP contribution in [-0.4, -0.2) is 34.8 Å². The van der Waals surface area contributed by atoms with Crippen molar-refractivity contribution < 1.29 is 22.0 Å². The summed E-state index contributed by atoms with van der Waals surface area (Å²) in [5.41, 5.74) is 2.74. The molecular weight excluding hydrogens is 462 g/mol. The van der Waals surface area contributed by atoms with E-state index in [4.69, 9.17) is 4.98 Å². The molecule has 0 saturated carbocycles. The van der Waals surface area contributed by atoms with Crippen LogP contribution in [0.1, 0.15) is 35.8 Å². The van der Waals surface area contributed by atoms with Gasteiger partial charge in [-0.25, -0.2) is 18.1 Å². The lowest BCUT2D eigenvalue weighted by Gasteiger charge is -2.14. The summed E-state index contributed by atoms with van der Waals surface area (Å²) >= 11 is 0. The van der Waals surface area contributed by atoms with Crippen LogP contribution in [0.25, 0.3) is 22.3 Å². The number of nitrogens with one attached hydrogen (secondary N) is 1. The first-order valence-corrected chi connectivity index (χ1v) is 12.0. The Labute approximate surface area is 195 Å². The average molecular weight is 485 g/mol. The number of sulfone groups is 1. The van der Waals surface area contributed by atoms with Crippen LogP contribution in [0.3, 0.4) is 0 Å². The fourth-order valence-corrected chi connectivity index (χ4v) is 4.57. The van der Waals surface area contributed by atoms with Gasteiger partial charge in [0.25, 0.3) is 5.91 Å². The molecule has 34 heavy (non-hydrogen) atoms. The number of alkyl halides is 2. The molecule has 0 spiro atoms. The topological polar surface area (TPSA) is 94.0 Å². The van der Waals surface area contributed by atoms with Crippen molar-refractivity contribution in [2.45, 2.75) is 37.5 Å². The van der Waals surface area contributed by atoms with E-state index in [2.05, 4.69) is 10.4 Å². The molecule has 2 aromatic carbocycles. The molecule has 0 atom stereocenters. The van der Waals surface area contributed by atoms with Gasteiger partial charge in [0, 0.05) is 11.6 Å². The van der Waals surface area contributed by atoms with Crippen molar-refractivity contribution in [3.05, 3.63) is 71.9 Å². The molecule has 7 nitrogen and oxygen atoms in total. The van der Waals surface area contributed by atoms with Crippen molar-refractivity contribution in [2.24, 2.45) is 0 Å². The van der Waals surface area contributed by atoms with Crippen molar-refractivity contribution in [2.75, 3.05) is 5.32 Å². The van der Waals surface area contributed by atoms with Crippen molar-refractivity contribution >= 4 is 32.5 Å². The summed E-state index contributed by atoms with van der Waals surface area (Å²) in [7, 11) is -4.92. The number of carbonyl (C=O) groups is 1. The summed E-state index contributed by atoms with van der Waals surface area (Å²) in [6.45, 7) is 5.78. The van der Waals surface area contributed by atoms with Crippen molar-refractivity contribution in [1.82, 2.24) is 14.8 Å². The molecule has 2 aromatic heterocycles. The van der Waals surface area contributed by atoms with E-state index in [9.17, 15) is 22.0 Å². The molecule has 2 heterocycles. The van der Waals surface area contributed by atoms with Gasteiger partial charge < -0.3 is 5.32 Å². The molecule has 0 aliphatic heterocycles. The second-order valence-electron chi connectivity index (χ2n) is 8.05. The maximum Gasteiger partial charge on any atom is 0.341 e. The van der Waals surface area contributed by atoms with Gasteiger partial charge in [0.2, 0.25) is 9.84 Å². The maximum absolute atomic E-state index is 13.4. The molecule has 1 N–H and O–H groups in total. The van der Waals surface area contributed by atoms with Crippen LogP contribution in [0, 0.1) is 6.92 Å². The van der Waals surface area contributed by atoms with Gasteiger partial charge in [-0.05, 0) is 44.5 Å². The van der Waals surface area contributed by atoms with Crippen LogP contribution in [0.15, 0.2) is 65.7 Å². The Balaban J connectivity index is 1.87. The number of benzene rings is 2. The van der Waals surface area contributed by atoms with Gasteiger partial charge in [-0.1, -0.05) is 36.4 Å². The molecule has 0 aliphatic carbocycles. The fourth-order valence-electron chi connectivity index (χ4n) is 3.69. The van der Waals surface area contributed by atoms with Gasteiger partial charge >= 0.3 is 5.76 Å². The fraction of sp³-hybridized carbons (Fsp3) is 0.208. The molecule has 0 fully saturated rings. The Bertz CT molecular complexity index is 1500. The van der Waals surface area contributed by atoms with Crippen molar-refractivity contribution in [1.29, 1.82) is 0 Å². The lowest BCUT2D eigenvalue weighted by atomic mass is 10.0. The molecule has 1 amide bonds. The van der Waals surface area contributed by atoms with Crippen LogP contribution >= 0.6 is 0 Å². The highest BCUT2D eigenvalue weighted by Gasteiger charge is 2.30. The van der Waals surface area contributed by atoms with E-state index in [0.29, 0.717) is 16.7 Å². The Morgan fingerprint density at radius 3 is 2.41 bits per heavy atom. The number of aromatic nitrogens is 3. The first kappa shape index (κ1) is 23.5. The smallest absolute Gasteiger partial charge is 0.321 e. The predicted octanol–water partition coefficient (Wildman–Crippen LogP) is 5.24. The number of aryl methyl sites for hydroxylation is 1. The average Bonchev–Trinajstić information content (AvgIpc) is 3.23. The summed E-state index contributed by atoms with van der Waals surface area (Å²) in [5, 5.41) is 7.31. The van der Waals surface area contributed by atoms with Crippen LogP contribution in [-0.2, 0) is 9.84 Å². The first-order chi connectivity index (χ1) is 16.1. The zero-order valence-corrected chi connectivity index (χ0v) is 19.5. The Morgan fingerprint density at radius 2 is 1.74 bits per heavy atom. The number of pyridine rings is 1. The third-order valence-corrected chi connectivity index (χ3v) is 6.84. The number of hydrogen-bond donors (Lipinski definition) is 1. The zero-order chi connectivity index (χ0) is 24.6. The van der Waals surface area contributed by atoms with E-state index < -0.39 is 26.4 Å². The highest BCUT2D eigenvalue weighted by atomic mass is 32.2. The Morgan fingerprint density at radius 1 is 1.06 bits per heavy atom. The van der Waals surface area contributed by atoms with E-state index >= 15 is 0 Å². The summed E-state index contributed by atoms with van der Waals surface area (Å²) in [4.78, 5) is 17.5. The van der Waals surface area contributed by atoms with E-state index in [1.165, 1.54) is 24.4 Å². The maximum atomic E-state index is 13.4. The number of anilines is 1. The minimum absolute atomic E-state index is 0.0371. The lowest BCUT2D eigenvalue weighted by molar-refractivity contribution is 0.102. The molecule has 0 saturated heterocycles. The van der Waals surface area contributed by atoms with E-state index in [0.717, 1.165) is 17.2 Å². The number of fused-ring (bicyclic) bond motifs is 1. The quantitative estimate of drug-likeness (QED) is 0.404. The molecule has 10 heteroatoms. The summed E-state index contributed by atoms with van der Waals surface area (Å²) in [6.07, 6.45) is 1.51. The monoisotopic (exact) mass is 484 g/mol.